The number of rotatable bonds is 6. The second-order valence-electron chi connectivity index (χ2n) is 7.23. The first-order valence-corrected chi connectivity index (χ1v) is 9.66. The van der Waals surface area contributed by atoms with Crippen LogP contribution in [0.1, 0.15) is 65.5 Å². The summed E-state index contributed by atoms with van der Waals surface area (Å²) in [6.45, 7) is 3.14. The lowest BCUT2D eigenvalue weighted by Crippen LogP contribution is -2.24. The van der Waals surface area contributed by atoms with Gasteiger partial charge >= 0.3 is 11.9 Å². The minimum Gasteiger partial charge on any atom is -0.450 e. The number of amides is 1. The highest BCUT2D eigenvalue weighted by molar-refractivity contribution is 5.95. The van der Waals surface area contributed by atoms with Crippen LogP contribution >= 0.6 is 0 Å². The van der Waals surface area contributed by atoms with Crippen LogP contribution in [0, 0.1) is 35.3 Å². The van der Waals surface area contributed by atoms with Gasteiger partial charge in [0.15, 0.2) is 6.61 Å². The van der Waals surface area contributed by atoms with Crippen LogP contribution in [0.15, 0.2) is 16.5 Å². The molecule has 10 nitrogen and oxygen atoms in total. The van der Waals surface area contributed by atoms with Gasteiger partial charge in [-0.25, -0.2) is 4.79 Å². The molecule has 0 saturated heterocycles. The smallest absolute Gasteiger partial charge is 0.433 e. The van der Waals surface area contributed by atoms with Gasteiger partial charge in [0.25, 0.3) is 5.91 Å². The van der Waals surface area contributed by atoms with Gasteiger partial charge in [-0.15, -0.1) is 0 Å². The van der Waals surface area contributed by atoms with Crippen LogP contribution in [0.3, 0.4) is 0 Å². The third-order valence-corrected chi connectivity index (χ3v) is 5.37. The van der Waals surface area contributed by atoms with Crippen LogP contribution in [0.5, 0.6) is 0 Å². The molecule has 1 saturated carbocycles. The molecule has 1 N–H and O–H groups in total. The summed E-state index contributed by atoms with van der Waals surface area (Å²) in [4.78, 5) is 34.2. The Kier molecular flexibility index (Phi) is 6.20. The number of hydrogen-bond donors (Lipinski definition) is 1. The summed E-state index contributed by atoms with van der Waals surface area (Å²) in [5, 5.41) is 22.9. The number of furan rings is 1. The maximum absolute atomic E-state index is 12.4. The third-order valence-electron chi connectivity index (χ3n) is 5.37. The standard InChI is InChI=1S/C20H22N4O6/c1-12-13(2)23(14-6-4-3-5-7-14)19(15(12)10-21)22-17(25)11-29-20(26)16-8-9-18(30-16)24(27)28/h8-9,14H,3-7,11H2,1-2H3,(H,22,25). The van der Waals surface area contributed by atoms with E-state index in [1.165, 1.54) is 6.42 Å². The first-order chi connectivity index (χ1) is 14.3. The van der Waals surface area contributed by atoms with E-state index in [4.69, 9.17) is 9.15 Å². The van der Waals surface area contributed by atoms with Crippen molar-refractivity contribution < 1.29 is 23.7 Å². The molecule has 1 aliphatic carbocycles. The Bertz CT molecular complexity index is 1020. The Balaban J connectivity index is 1.72. The summed E-state index contributed by atoms with van der Waals surface area (Å²) in [6, 6.07) is 4.48. The van der Waals surface area contributed by atoms with E-state index in [9.17, 15) is 25.0 Å². The Hall–Kier alpha value is -3.61. The fraction of sp³-hybridized carbons (Fsp3) is 0.450. The molecule has 30 heavy (non-hydrogen) atoms. The minimum atomic E-state index is -0.992. The van der Waals surface area contributed by atoms with E-state index in [0.717, 1.165) is 49.1 Å². The average Bonchev–Trinajstić information content (AvgIpc) is 3.31. The summed E-state index contributed by atoms with van der Waals surface area (Å²) >= 11 is 0. The number of ether oxygens (including phenoxy) is 1. The third kappa shape index (κ3) is 4.20. The molecular formula is C20H22N4O6. The van der Waals surface area contributed by atoms with Gasteiger partial charge < -0.3 is 19.0 Å². The van der Waals surface area contributed by atoms with Crippen LogP contribution in [0.4, 0.5) is 11.7 Å². The van der Waals surface area contributed by atoms with Crippen molar-refractivity contribution in [2.45, 2.75) is 52.0 Å². The van der Waals surface area contributed by atoms with Crippen molar-refractivity contribution in [3.63, 3.8) is 0 Å². The number of nitriles is 1. The molecule has 10 heteroatoms. The van der Waals surface area contributed by atoms with E-state index in [2.05, 4.69) is 11.4 Å². The van der Waals surface area contributed by atoms with Gasteiger partial charge in [-0.05, 0) is 38.3 Å². The number of carbonyl (C=O) groups is 2. The molecule has 0 atom stereocenters. The molecular weight excluding hydrogens is 392 g/mol. The first kappa shape index (κ1) is 21.1. The predicted molar refractivity (Wildman–Crippen MR) is 105 cm³/mol. The molecule has 2 aromatic rings. The second kappa shape index (κ2) is 8.82. The molecule has 2 heterocycles. The van der Waals surface area contributed by atoms with Crippen LogP contribution in [-0.4, -0.2) is 28.0 Å². The Morgan fingerprint density at radius 1 is 1.33 bits per heavy atom. The fourth-order valence-electron chi connectivity index (χ4n) is 3.79. The van der Waals surface area contributed by atoms with Crippen LogP contribution in [0.25, 0.3) is 0 Å². The summed E-state index contributed by atoms with van der Waals surface area (Å²) in [5.41, 5.74) is 2.12. The number of anilines is 1. The molecule has 158 valence electrons. The van der Waals surface area contributed by atoms with Gasteiger partial charge in [0.1, 0.15) is 16.8 Å². The maximum Gasteiger partial charge on any atom is 0.433 e. The van der Waals surface area contributed by atoms with Crippen molar-refractivity contribution in [2.75, 3.05) is 11.9 Å². The maximum atomic E-state index is 12.4. The van der Waals surface area contributed by atoms with Crippen molar-refractivity contribution in [3.05, 3.63) is 44.8 Å². The molecule has 1 amide bonds. The summed E-state index contributed by atoms with van der Waals surface area (Å²) in [6.07, 6.45) is 5.28. The molecule has 0 radical (unpaired) electrons. The van der Waals surface area contributed by atoms with Crippen LogP contribution in [0.2, 0.25) is 0 Å². The average molecular weight is 414 g/mol. The van der Waals surface area contributed by atoms with Gasteiger partial charge in [0, 0.05) is 11.7 Å². The molecule has 1 aliphatic rings. The molecule has 3 rings (SSSR count). The number of nitrogens with one attached hydrogen (secondary N) is 1. The molecule has 0 aliphatic heterocycles. The largest absolute Gasteiger partial charge is 0.450 e. The number of esters is 1. The van der Waals surface area contributed by atoms with E-state index >= 15 is 0 Å². The predicted octanol–water partition coefficient (Wildman–Crippen LogP) is 3.78. The zero-order chi connectivity index (χ0) is 21.8. The van der Waals surface area contributed by atoms with Crippen LogP contribution < -0.4 is 5.32 Å². The highest BCUT2D eigenvalue weighted by Crippen LogP contribution is 2.36. The normalized spacial score (nSPS) is 14.2. The van der Waals surface area contributed by atoms with Gasteiger partial charge in [-0.1, -0.05) is 19.3 Å². The second-order valence-corrected chi connectivity index (χ2v) is 7.23. The number of aromatic nitrogens is 1. The van der Waals surface area contributed by atoms with Gasteiger partial charge in [-0.3, -0.25) is 14.9 Å². The van der Waals surface area contributed by atoms with E-state index in [1.54, 1.807) is 0 Å². The lowest BCUT2D eigenvalue weighted by atomic mass is 9.95. The van der Waals surface area contributed by atoms with Gasteiger partial charge in [0.2, 0.25) is 5.76 Å². The fourth-order valence-corrected chi connectivity index (χ4v) is 3.79. The number of carbonyl (C=O) groups excluding carboxylic acids is 2. The zero-order valence-electron chi connectivity index (χ0n) is 16.8. The topological polar surface area (TPSA) is 140 Å². The molecule has 0 bridgehead atoms. The first-order valence-electron chi connectivity index (χ1n) is 9.66. The zero-order valence-corrected chi connectivity index (χ0v) is 16.8. The number of nitro groups is 1. The van der Waals surface area contributed by atoms with E-state index in [-0.39, 0.29) is 11.8 Å². The number of hydrogen-bond acceptors (Lipinski definition) is 7. The van der Waals surface area contributed by atoms with Crippen LogP contribution in [-0.2, 0) is 9.53 Å². The summed E-state index contributed by atoms with van der Waals surface area (Å²) in [5.74, 6) is -2.16. The Morgan fingerprint density at radius 2 is 2.03 bits per heavy atom. The molecule has 0 aromatic carbocycles. The molecule has 0 unspecified atom stereocenters. The lowest BCUT2D eigenvalue weighted by molar-refractivity contribution is -0.402. The van der Waals surface area contributed by atoms with Crippen molar-refractivity contribution in [1.82, 2.24) is 4.57 Å². The van der Waals surface area contributed by atoms with Crippen molar-refractivity contribution in [2.24, 2.45) is 0 Å². The van der Waals surface area contributed by atoms with Gasteiger partial charge in [0.05, 0.1) is 11.6 Å². The van der Waals surface area contributed by atoms with Crippen molar-refractivity contribution in [3.8, 4) is 6.07 Å². The Morgan fingerprint density at radius 3 is 2.63 bits per heavy atom. The summed E-state index contributed by atoms with van der Waals surface area (Å²) in [7, 11) is 0. The van der Waals surface area contributed by atoms with E-state index in [0.29, 0.717) is 11.4 Å². The molecule has 1 fully saturated rings. The highest BCUT2D eigenvalue weighted by atomic mass is 16.7. The Labute approximate surface area is 172 Å². The quantitative estimate of drug-likeness (QED) is 0.431. The molecule has 0 spiro atoms. The lowest BCUT2D eigenvalue weighted by Gasteiger charge is -2.27. The monoisotopic (exact) mass is 414 g/mol. The van der Waals surface area contributed by atoms with Gasteiger partial charge in [-0.2, -0.15) is 5.26 Å². The SMILES string of the molecule is Cc1c(C#N)c(NC(=O)COC(=O)c2ccc([N+](=O)[O-])o2)n(C2CCCCC2)c1C. The highest BCUT2D eigenvalue weighted by Gasteiger charge is 2.26. The van der Waals surface area contributed by atoms with E-state index in [1.807, 2.05) is 18.4 Å². The summed E-state index contributed by atoms with van der Waals surface area (Å²) < 4.78 is 11.7. The van der Waals surface area contributed by atoms with Crippen molar-refractivity contribution in [1.29, 1.82) is 5.26 Å². The minimum absolute atomic E-state index is 0.195. The van der Waals surface area contributed by atoms with E-state index < -0.39 is 29.3 Å². The van der Waals surface area contributed by atoms with Crippen molar-refractivity contribution >= 4 is 23.6 Å². The molecule has 2 aromatic heterocycles. The number of nitrogens with zero attached hydrogens (tertiary/aromatic N) is 3.